The van der Waals surface area contributed by atoms with Crippen LogP contribution in [0.1, 0.15) is 32.7 Å². The molecule has 2 amide bonds. The van der Waals surface area contributed by atoms with Crippen LogP contribution in [0.25, 0.3) is 11.1 Å². The Kier molecular flexibility index (Phi) is 8.86. The van der Waals surface area contributed by atoms with E-state index in [1.54, 1.807) is 67.5 Å². The number of carbonyl (C=O) groups excluding carboxylic acids is 2. The third kappa shape index (κ3) is 6.84. The van der Waals surface area contributed by atoms with Crippen molar-refractivity contribution in [1.29, 1.82) is 0 Å². The van der Waals surface area contributed by atoms with Gasteiger partial charge in [0, 0.05) is 50.5 Å². The van der Waals surface area contributed by atoms with Gasteiger partial charge in [-0.25, -0.2) is 13.4 Å². The van der Waals surface area contributed by atoms with Crippen LogP contribution in [0.2, 0.25) is 0 Å². The molecule has 1 unspecified atom stereocenters. The second-order valence-corrected chi connectivity index (χ2v) is 12.4. The van der Waals surface area contributed by atoms with E-state index in [9.17, 15) is 18.0 Å². The number of anilines is 1. The van der Waals surface area contributed by atoms with Crippen molar-refractivity contribution in [3.63, 3.8) is 0 Å². The van der Waals surface area contributed by atoms with Crippen LogP contribution in [0.4, 0.5) is 5.82 Å². The van der Waals surface area contributed by atoms with E-state index in [-0.39, 0.29) is 34.4 Å². The molecule has 3 aromatic carbocycles. The van der Waals surface area contributed by atoms with Gasteiger partial charge in [-0.15, -0.1) is 0 Å². The Labute approximate surface area is 257 Å². The standard InChI is InChI=1S/C33H34N4O6S/c1-22-7-5-9-25(17-22)33(39)37-16-14-28(21-37)43-27-13-15-34-31(20-27)35-44(40,41)30-19-24(11-12-29(30)42-4)23-8-6-10-26(18-23)32(38)36(2)3/h5-13,15,17-20,28H,14,16,21H2,1-4H3,(H,34,35). The van der Waals surface area contributed by atoms with Gasteiger partial charge < -0.3 is 19.3 Å². The van der Waals surface area contributed by atoms with Gasteiger partial charge in [-0.2, -0.15) is 0 Å². The predicted octanol–water partition coefficient (Wildman–Crippen LogP) is 4.86. The number of benzene rings is 3. The van der Waals surface area contributed by atoms with E-state index in [1.165, 1.54) is 30.3 Å². The van der Waals surface area contributed by atoms with Crippen molar-refractivity contribution in [2.45, 2.75) is 24.3 Å². The molecule has 0 radical (unpaired) electrons. The molecule has 228 valence electrons. The number of likely N-dealkylation sites (tertiary alicyclic amines) is 1. The lowest BCUT2D eigenvalue weighted by atomic mass is 10.0. The minimum Gasteiger partial charge on any atom is -0.495 e. The van der Waals surface area contributed by atoms with Crippen molar-refractivity contribution in [1.82, 2.24) is 14.8 Å². The minimum atomic E-state index is -4.15. The van der Waals surface area contributed by atoms with Crippen molar-refractivity contribution in [3.8, 4) is 22.6 Å². The van der Waals surface area contributed by atoms with Crippen molar-refractivity contribution in [2.24, 2.45) is 0 Å². The third-order valence-electron chi connectivity index (χ3n) is 7.27. The molecule has 1 N–H and O–H groups in total. The van der Waals surface area contributed by atoms with Gasteiger partial charge in [0.25, 0.3) is 21.8 Å². The maximum Gasteiger partial charge on any atom is 0.266 e. The number of nitrogens with zero attached hydrogens (tertiary/aromatic N) is 3. The zero-order valence-electron chi connectivity index (χ0n) is 25.0. The quantitative estimate of drug-likeness (QED) is 0.286. The number of methoxy groups -OCH3 is 1. The van der Waals surface area contributed by atoms with Crippen LogP contribution in [0, 0.1) is 6.92 Å². The third-order valence-corrected chi connectivity index (χ3v) is 8.65. The monoisotopic (exact) mass is 614 g/mol. The van der Waals surface area contributed by atoms with E-state index < -0.39 is 10.0 Å². The highest BCUT2D eigenvalue weighted by atomic mass is 32.2. The fourth-order valence-corrected chi connectivity index (χ4v) is 6.25. The van der Waals surface area contributed by atoms with Gasteiger partial charge >= 0.3 is 0 Å². The molecule has 0 spiro atoms. The van der Waals surface area contributed by atoms with E-state index >= 15 is 0 Å². The number of aromatic nitrogens is 1. The summed E-state index contributed by atoms with van der Waals surface area (Å²) in [5.41, 5.74) is 3.41. The molecule has 11 heteroatoms. The number of pyridine rings is 1. The smallest absolute Gasteiger partial charge is 0.266 e. The van der Waals surface area contributed by atoms with E-state index in [2.05, 4.69) is 9.71 Å². The van der Waals surface area contributed by atoms with E-state index in [0.717, 1.165) is 5.56 Å². The summed E-state index contributed by atoms with van der Waals surface area (Å²) in [5.74, 6) is 0.440. The van der Waals surface area contributed by atoms with Crippen molar-refractivity contribution in [3.05, 3.63) is 102 Å². The number of hydrogen-bond acceptors (Lipinski definition) is 7. The van der Waals surface area contributed by atoms with E-state index in [4.69, 9.17) is 9.47 Å². The van der Waals surface area contributed by atoms with Crippen LogP contribution in [0.3, 0.4) is 0 Å². The molecule has 44 heavy (non-hydrogen) atoms. The molecule has 1 atom stereocenters. The molecule has 4 aromatic rings. The first-order chi connectivity index (χ1) is 21.0. The number of rotatable bonds is 9. The largest absolute Gasteiger partial charge is 0.495 e. The maximum absolute atomic E-state index is 13.6. The topological polar surface area (TPSA) is 118 Å². The molecule has 1 fully saturated rings. The predicted molar refractivity (Wildman–Crippen MR) is 168 cm³/mol. The molecule has 0 bridgehead atoms. The summed E-state index contributed by atoms with van der Waals surface area (Å²) >= 11 is 0. The average Bonchev–Trinajstić information content (AvgIpc) is 3.48. The van der Waals surface area contributed by atoms with Gasteiger partial charge in [-0.1, -0.05) is 35.9 Å². The number of carbonyl (C=O) groups is 2. The van der Waals surface area contributed by atoms with Gasteiger partial charge in [0.1, 0.15) is 28.3 Å². The number of aryl methyl sites for hydroxylation is 1. The van der Waals surface area contributed by atoms with Crippen molar-refractivity contribution in [2.75, 3.05) is 39.0 Å². The molecule has 1 saturated heterocycles. The Balaban J connectivity index is 1.31. The van der Waals surface area contributed by atoms with Crippen LogP contribution in [-0.2, 0) is 10.0 Å². The fourth-order valence-electron chi connectivity index (χ4n) is 5.05. The molecule has 1 aliphatic rings. The number of ether oxygens (including phenoxy) is 2. The van der Waals surface area contributed by atoms with E-state index in [1.807, 2.05) is 25.1 Å². The summed E-state index contributed by atoms with van der Waals surface area (Å²) < 4.78 is 41.2. The lowest BCUT2D eigenvalue weighted by molar-refractivity contribution is 0.0771. The first-order valence-electron chi connectivity index (χ1n) is 14.1. The molecule has 2 heterocycles. The molecule has 5 rings (SSSR count). The molecular formula is C33H34N4O6S. The zero-order valence-corrected chi connectivity index (χ0v) is 25.8. The van der Waals surface area contributed by atoms with Gasteiger partial charge in [0.05, 0.1) is 13.7 Å². The van der Waals surface area contributed by atoms with Crippen LogP contribution in [0.15, 0.2) is 90.0 Å². The van der Waals surface area contributed by atoms with Crippen molar-refractivity contribution >= 4 is 27.7 Å². The Hall–Kier alpha value is -4.90. The molecule has 1 aromatic heterocycles. The van der Waals surface area contributed by atoms with Gasteiger partial charge in [0.2, 0.25) is 0 Å². The summed E-state index contributed by atoms with van der Waals surface area (Å²) in [6, 6.07) is 22.4. The lowest BCUT2D eigenvalue weighted by Gasteiger charge is -2.18. The van der Waals surface area contributed by atoms with Gasteiger partial charge in [-0.3, -0.25) is 14.3 Å². The highest BCUT2D eigenvalue weighted by Crippen LogP contribution is 2.32. The van der Waals surface area contributed by atoms with Crippen LogP contribution in [-0.4, -0.2) is 75.4 Å². The summed E-state index contributed by atoms with van der Waals surface area (Å²) in [6.07, 6.45) is 1.85. The molecule has 0 aliphatic carbocycles. The average molecular weight is 615 g/mol. The lowest BCUT2D eigenvalue weighted by Crippen LogP contribution is -2.31. The molecular weight excluding hydrogens is 580 g/mol. The molecule has 0 saturated carbocycles. The summed E-state index contributed by atoms with van der Waals surface area (Å²) in [7, 11) is 0.588. The highest BCUT2D eigenvalue weighted by molar-refractivity contribution is 7.92. The first-order valence-corrected chi connectivity index (χ1v) is 15.5. The fraction of sp³-hybridized carbons (Fsp3) is 0.242. The summed E-state index contributed by atoms with van der Waals surface area (Å²) in [6.45, 7) is 2.93. The summed E-state index contributed by atoms with van der Waals surface area (Å²) in [5, 5.41) is 0. The minimum absolute atomic E-state index is 0.0461. The molecule has 10 nitrogen and oxygen atoms in total. The SMILES string of the molecule is COc1ccc(-c2cccc(C(=O)N(C)C)c2)cc1S(=O)(=O)Nc1cc(OC2CCN(C(=O)c3cccc(C)c3)C2)ccn1. The zero-order chi connectivity index (χ0) is 31.4. The van der Waals surface area contributed by atoms with E-state index in [0.29, 0.717) is 47.5 Å². The van der Waals surface area contributed by atoms with Crippen LogP contribution in [0.5, 0.6) is 11.5 Å². The first kappa shape index (κ1) is 30.6. The van der Waals surface area contributed by atoms with Crippen LogP contribution < -0.4 is 14.2 Å². The second-order valence-electron chi connectivity index (χ2n) is 10.8. The number of hydrogen-bond donors (Lipinski definition) is 1. The number of amides is 2. The van der Waals surface area contributed by atoms with Crippen LogP contribution >= 0.6 is 0 Å². The number of sulfonamides is 1. The Morgan fingerprint density at radius 1 is 0.955 bits per heavy atom. The Morgan fingerprint density at radius 2 is 1.70 bits per heavy atom. The van der Waals surface area contributed by atoms with Gasteiger partial charge in [-0.05, 0) is 60.5 Å². The summed E-state index contributed by atoms with van der Waals surface area (Å²) in [4.78, 5) is 32.7. The number of nitrogens with one attached hydrogen (secondary N) is 1. The normalized spacial score (nSPS) is 14.6. The Morgan fingerprint density at radius 3 is 2.45 bits per heavy atom. The van der Waals surface area contributed by atoms with Crippen molar-refractivity contribution < 1.29 is 27.5 Å². The Bertz CT molecular complexity index is 1810. The second kappa shape index (κ2) is 12.8. The maximum atomic E-state index is 13.6. The van der Waals surface area contributed by atoms with Gasteiger partial charge in [0.15, 0.2) is 0 Å². The molecule has 1 aliphatic heterocycles. The highest BCUT2D eigenvalue weighted by Gasteiger charge is 2.29.